The van der Waals surface area contributed by atoms with Crippen LogP contribution in [-0.4, -0.2) is 52.3 Å². The van der Waals surface area contributed by atoms with Crippen LogP contribution < -0.4 is 5.32 Å². The lowest BCUT2D eigenvalue weighted by molar-refractivity contribution is -0.0236. The molecule has 8 nitrogen and oxygen atoms in total. The Bertz CT molecular complexity index is 1240. The summed E-state index contributed by atoms with van der Waals surface area (Å²) < 4.78 is 29.1. The van der Waals surface area contributed by atoms with Crippen LogP contribution in [0, 0.1) is 6.92 Å². The Hall–Kier alpha value is -3.14. The summed E-state index contributed by atoms with van der Waals surface area (Å²) in [6.45, 7) is 3.06. The molecule has 1 fully saturated rings. The van der Waals surface area contributed by atoms with Gasteiger partial charge in [0.1, 0.15) is 11.3 Å². The van der Waals surface area contributed by atoms with Gasteiger partial charge in [0.2, 0.25) is 5.95 Å². The average molecular weight is 413 g/mol. The summed E-state index contributed by atoms with van der Waals surface area (Å²) in [4.78, 5) is 13.3. The zero-order valence-electron chi connectivity index (χ0n) is 16.5. The molecule has 0 aromatic carbocycles. The highest BCUT2D eigenvalue weighted by Gasteiger charge is 2.38. The monoisotopic (exact) mass is 413 g/mol. The molecular formula is C20H21F2N7O. The molecular weight excluding hydrogens is 392 g/mol. The normalized spacial score (nSPS) is 21.5. The van der Waals surface area contributed by atoms with E-state index in [1.807, 2.05) is 25.3 Å². The smallest absolute Gasteiger partial charge is 0.256 e. The predicted octanol–water partition coefficient (Wildman–Crippen LogP) is 3.04. The number of aryl methyl sites for hydroxylation is 1. The number of aliphatic hydroxyl groups is 1. The van der Waals surface area contributed by atoms with Crippen LogP contribution in [0.15, 0.2) is 30.6 Å². The van der Waals surface area contributed by atoms with E-state index in [-0.39, 0.29) is 6.04 Å². The van der Waals surface area contributed by atoms with Crippen molar-refractivity contribution < 1.29 is 13.9 Å². The summed E-state index contributed by atoms with van der Waals surface area (Å²) >= 11 is 0. The van der Waals surface area contributed by atoms with E-state index in [4.69, 9.17) is 0 Å². The Kier molecular flexibility index (Phi) is 4.21. The SMILES string of the molecule is Cc1nc2ccc(-c3ccn4nc(NC5CC(C)(O)C5)ncc34)nc2n1CC(F)F. The summed E-state index contributed by atoms with van der Waals surface area (Å²) in [5, 5.41) is 17.6. The van der Waals surface area contributed by atoms with Crippen molar-refractivity contribution in [1.29, 1.82) is 0 Å². The molecule has 0 bridgehead atoms. The maximum Gasteiger partial charge on any atom is 0.256 e. The topological polar surface area (TPSA) is 93.2 Å². The van der Waals surface area contributed by atoms with Crippen LogP contribution in [0.4, 0.5) is 14.7 Å². The van der Waals surface area contributed by atoms with Gasteiger partial charge < -0.3 is 15.0 Å². The highest BCUT2D eigenvalue weighted by Crippen LogP contribution is 2.33. The van der Waals surface area contributed by atoms with Crippen molar-refractivity contribution in [2.45, 2.75) is 51.3 Å². The predicted molar refractivity (Wildman–Crippen MR) is 108 cm³/mol. The van der Waals surface area contributed by atoms with E-state index in [1.165, 1.54) is 4.57 Å². The number of hydrogen-bond acceptors (Lipinski definition) is 6. The van der Waals surface area contributed by atoms with E-state index >= 15 is 0 Å². The van der Waals surface area contributed by atoms with E-state index in [2.05, 4.69) is 25.4 Å². The van der Waals surface area contributed by atoms with E-state index in [0.29, 0.717) is 41.5 Å². The van der Waals surface area contributed by atoms with Crippen LogP contribution in [0.1, 0.15) is 25.6 Å². The van der Waals surface area contributed by atoms with Gasteiger partial charge in [-0.25, -0.2) is 28.2 Å². The second-order valence-corrected chi connectivity index (χ2v) is 8.09. The molecule has 156 valence electrons. The molecule has 0 spiro atoms. The number of rotatable bonds is 5. The first kappa shape index (κ1) is 18.9. The Morgan fingerprint density at radius 3 is 2.80 bits per heavy atom. The van der Waals surface area contributed by atoms with Gasteiger partial charge in [0.15, 0.2) is 5.65 Å². The van der Waals surface area contributed by atoms with Gasteiger partial charge in [-0.2, -0.15) is 0 Å². The van der Waals surface area contributed by atoms with Gasteiger partial charge >= 0.3 is 0 Å². The number of anilines is 1. The number of alkyl halides is 2. The zero-order valence-corrected chi connectivity index (χ0v) is 16.5. The first-order valence-electron chi connectivity index (χ1n) is 9.75. The Balaban J connectivity index is 1.48. The highest BCUT2D eigenvalue weighted by molar-refractivity contribution is 5.82. The highest BCUT2D eigenvalue weighted by atomic mass is 19.3. The molecule has 2 N–H and O–H groups in total. The molecule has 4 aromatic heterocycles. The quantitative estimate of drug-likeness (QED) is 0.522. The number of nitrogens with one attached hydrogen (secondary N) is 1. The summed E-state index contributed by atoms with van der Waals surface area (Å²) in [6, 6.07) is 5.63. The Morgan fingerprint density at radius 1 is 1.27 bits per heavy atom. The van der Waals surface area contributed by atoms with E-state index < -0.39 is 18.6 Å². The van der Waals surface area contributed by atoms with Crippen LogP contribution in [0.25, 0.3) is 27.9 Å². The number of pyridine rings is 1. The molecule has 0 saturated heterocycles. The molecule has 5 rings (SSSR count). The van der Waals surface area contributed by atoms with Gasteiger partial charge in [-0.15, -0.1) is 5.10 Å². The molecule has 1 saturated carbocycles. The third-order valence-corrected chi connectivity index (χ3v) is 5.50. The minimum Gasteiger partial charge on any atom is -0.390 e. The van der Waals surface area contributed by atoms with Crippen molar-refractivity contribution >= 4 is 22.6 Å². The van der Waals surface area contributed by atoms with Crippen LogP contribution in [-0.2, 0) is 6.54 Å². The van der Waals surface area contributed by atoms with Gasteiger partial charge in [-0.1, -0.05) is 0 Å². The van der Waals surface area contributed by atoms with Gasteiger partial charge in [0, 0.05) is 17.8 Å². The fourth-order valence-corrected chi connectivity index (χ4v) is 4.09. The molecule has 0 aliphatic heterocycles. The van der Waals surface area contributed by atoms with Crippen molar-refractivity contribution in [2.24, 2.45) is 0 Å². The molecule has 0 unspecified atom stereocenters. The van der Waals surface area contributed by atoms with Crippen molar-refractivity contribution in [3.63, 3.8) is 0 Å². The Morgan fingerprint density at radius 2 is 2.07 bits per heavy atom. The van der Waals surface area contributed by atoms with Gasteiger partial charge in [-0.3, -0.25) is 0 Å². The molecule has 4 aromatic rings. The van der Waals surface area contributed by atoms with Gasteiger partial charge in [0.05, 0.1) is 29.6 Å². The van der Waals surface area contributed by atoms with Crippen molar-refractivity contribution in [2.75, 3.05) is 5.32 Å². The molecule has 1 aliphatic rings. The number of halogens is 2. The molecule has 0 atom stereocenters. The van der Waals surface area contributed by atoms with Gasteiger partial charge in [0.25, 0.3) is 6.43 Å². The van der Waals surface area contributed by atoms with Crippen LogP contribution >= 0.6 is 0 Å². The van der Waals surface area contributed by atoms with Crippen molar-refractivity contribution in [3.05, 3.63) is 36.4 Å². The molecule has 0 amide bonds. The first-order chi connectivity index (χ1) is 14.3. The molecule has 10 heteroatoms. The third-order valence-electron chi connectivity index (χ3n) is 5.50. The second kappa shape index (κ2) is 6.69. The number of hydrogen-bond donors (Lipinski definition) is 2. The van der Waals surface area contributed by atoms with E-state index in [9.17, 15) is 13.9 Å². The minimum absolute atomic E-state index is 0.148. The van der Waals surface area contributed by atoms with Crippen molar-refractivity contribution in [1.82, 2.24) is 29.1 Å². The van der Waals surface area contributed by atoms with Crippen LogP contribution in [0.2, 0.25) is 0 Å². The van der Waals surface area contributed by atoms with E-state index in [1.54, 1.807) is 23.7 Å². The lowest BCUT2D eigenvalue weighted by Gasteiger charge is -2.41. The van der Waals surface area contributed by atoms with Crippen LogP contribution in [0.3, 0.4) is 0 Å². The van der Waals surface area contributed by atoms with E-state index in [0.717, 1.165) is 11.1 Å². The first-order valence-corrected chi connectivity index (χ1v) is 9.75. The molecule has 4 heterocycles. The molecule has 30 heavy (non-hydrogen) atoms. The third kappa shape index (κ3) is 3.26. The summed E-state index contributed by atoms with van der Waals surface area (Å²) in [5.41, 5.74) is 2.59. The minimum atomic E-state index is -2.49. The second-order valence-electron chi connectivity index (χ2n) is 8.09. The fraction of sp³-hybridized carbons (Fsp3) is 0.400. The fourth-order valence-electron chi connectivity index (χ4n) is 4.09. The average Bonchev–Trinajstić information content (AvgIpc) is 3.20. The summed E-state index contributed by atoms with van der Waals surface area (Å²) in [5.74, 6) is 0.991. The summed E-state index contributed by atoms with van der Waals surface area (Å²) in [6.07, 6.45) is 2.33. The lowest BCUT2D eigenvalue weighted by atomic mass is 9.77. The largest absolute Gasteiger partial charge is 0.390 e. The number of imidazole rings is 1. The Labute approximate surface area is 170 Å². The maximum atomic E-state index is 13.0. The molecule has 0 radical (unpaired) electrons. The number of nitrogens with zero attached hydrogens (tertiary/aromatic N) is 6. The van der Waals surface area contributed by atoms with Crippen molar-refractivity contribution in [3.8, 4) is 11.3 Å². The standard InChI is InChI=1S/C20H21F2N7O/c1-11-24-15-4-3-14(26-18(15)28(11)10-17(21)22)13-5-6-29-16(13)9-23-19(27-29)25-12-7-20(2,30)8-12/h3-6,9,12,17,30H,7-8,10H2,1-2H3,(H,25,27). The number of aromatic nitrogens is 6. The van der Waals surface area contributed by atoms with Gasteiger partial charge in [-0.05, 0) is 44.9 Å². The zero-order chi connectivity index (χ0) is 21.0. The lowest BCUT2D eigenvalue weighted by Crippen LogP contribution is -2.48. The van der Waals surface area contributed by atoms with Crippen LogP contribution in [0.5, 0.6) is 0 Å². The number of fused-ring (bicyclic) bond motifs is 2. The summed E-state index contributed by atoms with van der Waals surface area (Å²) in [7, 11) is 0. The maximum absolute atomic E-state index is 13.0. The molecule has 1 aliphatic carbocycles.